The standard InChI is InChI=1S/C17H17NO4/c1-21-16-7-6-12(10-17(16)22-2)15(20)8-9-18-13-4-3-5-14(19)11-13/h3-11,18-19H,1-2H3. The van der Waals surface area contributed by atoms with E-state index in [2.05, 4.69) is 5.32 Å². The van der Waals surface area contributed by atoms with E-state index in [-0.39, 0.29) is 11.5 Å². The number of rotatable bonds is 6. The third kappa shape index (κ3) is 3.79. The first kappa shape index (κ1) is 15.4. The van der Waals surface area contributed by atoms with Crippen LogP contribution in [0.1, 0.15) is 10.4 Å². The maximum atomic E-state index is 12.1. The Labute approximate surface area is 128 Å². The van der Waals surface area contributed by atoms with Gasteiger partial charge in [-0.25, -0.2) is 0 Å². The molecule has 22 heavy (non-hydrogen) atoms. The smallest absolute Gasteiger partial charge is 0.187 e. The summed E-state index contributed by atoms with van der Waals surface area (Å²) in [5, 5.41) is 12.3. The third-order valence-electron chi connectivity index (χ3n) is 3.00. The maximum Gasteiger partial charge on any atom is 0.187 e. The number of methoxy groups -OCH3 is 2. The molecule has 0 radical (unpaired) electrons. The number of allylic oxidation sites excluding steroid dienone is 1. The molecule has 0 amide bonds. The fourth-order valence-electron chi connectivity index (χ4n) is 1.89. The zero-order valence-electron chi connectivity index (χ0n) is 12.4. The molecule has 5 nitrogen and oxygen atoms in total. The van der Waals surface area contributed by atoms with Crippen LogP contribution in [0.3, 0.4) is 0 Å². The van der Waals surface area contributed by atoms with Crippen LogP contribution in [0.5, 0.6) is 17.2 Å². The van der Waals surface area contributed by atoms with E-state index in [9.17, 15) is 9.90 Å². The highest BCUT2D eigenvalue weighted by Crippen LogP contribution is 2.27. The molecule has 0 bridgehead atoms. The zero-order chi connectivity index (χ0) is 15.9. The van der Waals surface area contributed by atoms with Crippen LogP contribution >= 0.6 is 0 Å². The van der Waals surface area contributed by atoms with Crippen molar-refractivity contribution >= 4 is 11.5 Å². The van der Waals surface area contributed by atoms with Gasteiger partial charge in [-0.15, -0.1) is 0 Å². The number of carbonyl (C=O) groups is 1. The second-order valence-corrected chi connectivity index (χ2v) is 4.46. The van der Waals surface area contributed by atoms with E-state index in [1.165, 1.54) is 19.4 Å². The van der Waals surface area contributed by atoms with Gasteiger partial charge < -0.3 is 19.9 Å². The van der Waals surface area contributed by atoms with Gasteiger partial charge >= 0.3 is 0 Å². The minimum absolute atomic E-state index is 0.157. The molecule has 0 aliphatic heterocycles. The van der Waals surface area contributed by atoms with Crippen molar-refractivity contribution in [3.05, 3.63) is 60.3 Å². The molecule has 0 atom stereocenters. The molecule has 5 heteroatoms. The van der Waals surface area contributed by atoms with Crippen molar-refractivity contribution in [3.63, 3.8) is 0 Å². The quantitative estimate of drug-likeness (QED) is 0.633. The molecule has 0 fully saturated rings. The van der Waals surface area contributed by atoms with Crippen molar-refractivity contribution in [2.45, 2.75) is 0 Å². The Bertz CT molecular complexity index is 695. The first-order chi connectivity index (χ1) is 10.6. The summed E-state index contributed by atoms with van der Waals surface area (Å²) < 4.78 is 10.3. The summed E-state index contributed by atoms with van der Waals surface area (Å²) in [6.45, 7) is 0. The average Bonchev–Trinajstić information content (AvgIpc) is 2.54. The molecule has 0 saturated carbocycles. The summed E-state index contributed by atoms with van der Waals surface area (Å²) in [7, 11) is 3.06. The number of hydrogen-bond acceptors (Lipinski definition) is 5. The normalized spacial score (nSPS) is 10.5. The molecule has 2 N–H and O–H groups in total. The minimum Gasteiger partial charge on any atom is -0.508 e. The second-order valence-electron chi connectivity index (χ2n) is 4.46. The van der Waals surface area contributed by atoms with Crippen LogP contribution in [0.25, 0.3) is 0 Å². The molecule has 0 heterocycles. The van der Waals surface area contributed by atoms with Gasteiger partial charge in [-0.05, 0) is 30.3 Å². The maximum absolute atomic E-state index is 12.1. The lowest BCUT2D eigenvalue weighted by Gasteiger charge is -2.08. The Balaban J connectivity index is 2.07. The van der Waals surface area contributed by atoms with Gasteiger partial charge in [-0.1, -0.05) is 6.07 Å². The number of phenolic OH excluding ortho intramolecular Hbond substituents is 1. The SMILES string of the molecule is COc1ccc(C(=O)C=CNc2cccc(O)c2)cc1OC. The van der Waals surface area contributed by atoms with Crippen LogP contribution in [0, 0.1) is 0 Å². The molecule has 114 valence electrons. The monoisotopic (exact) mass is 299 g/mol. The van der Waals surface area contributed by atoms with Gasteiger partial charge in [0, 0.05) is 29.6 Å². The van der Waals surface area contributed by atoms with Crippen LogP contribution in [0.15, 0.2) is 54.7 Å². The minimum atomic E-state index is -0.173. The molecule has 0 saturated heterocycles. The Morgan fingerprint density at radius 2 is 1.86 bits per heavy atom. The molecule has 0 aromatic heterocycles. The van der Waals surface area contributed by atoms with Crippen molar-refractivity contribution in [2.24, 2.45) is 0 Å². The lowest BCUT2D eigenvalue weighted by Crippen LogP contribution is -1.98. The number of carbonyl (C=O) groups excluding carboxylic acids is 1. The number of anilines is 1. The number of ketones is 1. The largest absolute Gasteiger partial charge is 0.508 e. The Morgan fingerprint density at radius 3 is 2.55 bits per heavy atom. The molecular weight excluding hydrogens is 282 g/mol. The van der Waals surface area contributed by atoms with Crippen molar-refractivity contribution in [1.29, 1.82) is 0 Å². The Kier molecular flexibility index (Phi) is 5.03. The summed E-state index contributed by atoms with van der Waals surface area (Å²) in [4.78, 5) is 12.1. The summed E-state index contributed by atoms with van der Waals surface area (Å²) >= 11 is 0. The van der Waals surface area contributed by atoms with Crippen LogP contribution in [-0.2, 0) is 0 Å². The van der Waals surface area contributed by atoms with Crippen LogP contribution < -0.4 is 14.8 Å². The van der Waals surface area contributed by atoms with Crippen molar-refractivity contribution < 1.29 is 19.4 Å². The summed E-state index contributed by atoms with van der Waals surface area (Å²) in [6.07, 6.45) is 2.93. The molecule has 0 spiro atoms. The number of ether oxygens (including phenoxy) is 2. The van der Waals surface area contributed by atoms with Crippen molar-refractivity contribution in [3.8, 4) is 17.2 Å². The fourth-order valence-corrected chi connectivity index (χ4v) is 1.89. The number of nitrogens with one attached hydrogen (secondary N) is 1. The van der Waals surface area contributed by atoms with E-state index in [1.807, 2.05) is 0 Å². The molecular formula is C17H17NO4. The molecule has 0 unspecified atom stereocenters. The summed E-state index contributed by atoms with van der Waals surface area (Å²) in [5.41, 5.74) is 1.18. The molecule has 0 aliphatic carbocycles. The Hall–Kier alpha value is -2.95. The van der Waals surface area contributed by atoms with Gasteiger partial charge in [0.2, 0.25) is 0 Å². The molecule has 0 aliphatic rings. The van der Waals surface area contributed by atoms with E-state index in [1.54, 1.807) is 49.6 Å². The van der Waals surface area contributed by atoms with Gasteiger partial charge in [0.25, 0.3) is 0 Å². The molecule has 2 aromatic rings. The number of benzene rings is 2. The van der Waals surface area contributed by atoms with E-state index in [0.29, 0.717) is 22.7 Å². The number of hydrogen-bond donors (Lipinski definition) is 2. The lowest BCUT2D eigenvalue weighted by molar-refractivity contribution is 0.104. The second kappa shape index (κ2) is 7.17. The van der Waals surface area contributed by atoms with E-state index < -0.39 is 0 Å². The highest BCUT2D eigenvalue weighted by molar-refractivity contribution is 6.05. The third-order valence-corrected chi connectivity index (χ3v) is 3.00. The van der Waals surface area contributed by atoms with E-state index >= 15 is 0 Å². The molecule has 2 rings (SSSR count). The van der Waals surface area contributed by atoms with Crippen molar-refractivity contribution in [1.82, 2.24) is 0 Å². The zero-order valence-corrected chi connectivity index (χ0v) is 12.4. The first-order valence-corrected chi connectivity index (χ1v) is 6.62. The van der Waals surface area contributed by atoms with Gasteiger partial charge in [-0.3, -0.25) is 4.79 Å². The van der Waals surface area contributed by atoms with Crippen molar-refractivity contribution in [2.75, 3.05) is 19.5 Å². The van der Waals surface area contributed by atoms with Crippen LogP contribution in [0.2, 0.25) is 0 Å². The Morgan fingerprint density at radius 1 is 1.09 bits per heavy atom. The van der Waals surface area contributed by atoms with Crippen LogP contribution in [-0.4, -0.2) is 25.1 Å². The number of phenols is 1. The average molecular weight is 299 g/mol. The lowest BCUT2D eigenvalue weighted by atomic mass is 10.1. The topological polar surface area (TPSA) is 67.8 Å². The predicted molar refractivity (Wildman–Crippen MR) is 84.7 cm³/mol. The molecule has 2 aromatic carbocycles. The summed E-state index contributed by atoms with van der Waals surface area (Å²) in [5.74, 6) is 1.06. The first-order valence-electron chi connectivity index (χ1n) is 6.62. The van der Waals surface area contributed by atoms with Gasteiger partial charge in [0.15, 0.2) is 17.3 Å². The van der Waals surface area contributed by atoms with Gasteiger partial charge in [0.1, 0.15) is 5.75 Å². The van der Waals surface area contributed by atoms with Gasteiger partial charge in [0.05, 0.1) is 14.2 Å². The van der Waals surface area contributed by atoms with E-state index in [4.69, 9.17) is 9.47 Å². The van der Waals surface area contributed by atoms with Gasteiger partial charge in [-0.2, -0.15) is 0 Å². The van der Waals surface area contributed by atoms with E-state index in [0.717, 1.165) is 0 Å². The van der Waals surface area contributed by atoms with Crippen LogP contribution in [0.4, 0.5) is 5.69 Å². The summed E-state index contributed by atoms with van der Waals surface area (Å²) in [6, 6.07) is 11.6. The highest BCUT2D eigenvalue weighted by Gasteiger charge is 2.08. The predicted octanol–water partition coefficient (Wildman–Crippen LogP) is 3.22. The number of aromatic hydroxyl groups is 1. The highest BCUT2D eigenvalue weighted by atomic mass is 16.5. The fraction of sp³-hybridized carbons (Fsp3) is 0.118.